The molecule has 1 aromatic rings. The van der Waals surface area contributed by atoms with Crippen LogP contribution in [0.4, 0.5) is 0 Å². The third-order valence-electron chi connectivity index (χ3n) is 6.12. The first kappa shape index (κ1) is 20.0. The molecule has 2 saturated heterocycles. The van der Waals surface area contributed by atoms with Crippen LogP contribution in [0.2, 0.25) is 0 Å². The van der Waals surface area contributed by atoms with E-state index < -0.39 is 0 Å². The molecule has 2 aliphatic rings. The number of methoxy groups -OCH3 is 2. The fraction of sp³-hybridized carbons (Fsp3) is 0.667. The van der Waals surface area contributed by atoms with Crippen LogP contribution in [0.5, 0.6) is 11.5 Å². The summed E-state index contributed by atoms with van der Waals surface area (Å²) in [7, 11) is 3.27. The van der Waals surface area contributed by atoms with Crippen molar-refractivity contribution < 1.29 is 14.3 Å². The van der Waals surface area contributed by atoms with Gasteiger partial charge in [0.25, 0.3) is 0 Å². The van der Waals surface area contributed by atoms with Crippen LogP contribution in [0.3, 0.4) is 0 Å². The van der Waals surface area contributed by atoms with Gasteiger partial charge in [0.1, 0.15) is 0 Å². The predicted molar refractivity (Wildman–Crippen MR) is 106 cm³/mol. The summed E-state index contributed by atoms with van der Waals surface area (Å²) in [6.45, 7) is 7.43. The molecule has 2 aliphatic heterocycles. The van der Waals surface area contributed by atoms with Crippen LogP contribution in [0.1, 0.15) is 44.7 Å². The average molecular weight is 376 g/mol. The van der Waals surface area contributed by atoms with E-state index >= 15 is 0 Å². The number of rotatable bonds is 5. The second-order valence-corrected chi connectivity index (χ2v) is 8.45. The fourth-order valence-electron chi connectivity index (χ4n) is 4.37. The molecule has 2 N–H and O–H groups in total. The number of carbonyl (C=O) groups excluding carboxylic acids is 1. The average Bonchev–Trinajstić information content (AvgIpc) is 3.13. The molecule has 2 atom stereocenters. The second-order valence-electron chi connectivity index (χ2n) is 8.45. The van der Waals surface area contributed by atoms with Gasteiger partial charge in [0.05, 0.1) is 26.8 Å². The quantitative estimate of drug-likeness (QED) is 0.856. The molecular weight excluding hydrogens is 342 g/mol. The van der Waals surface area contributed by atoms with Crippen LogP contribution in [-0.4, -0.2) is 62.1 Å². The van der Waals surface area contributed by atoms with E-state index in [1.807, 2.05) is 23.1 Å². The van der Waals surface area contributed by atoms with Gasteiger partial charge in [-0.1, -0.05) is 19.9 Å². The molecule has 2 fully saturated rings. The molecule has 0 aromatic heterocycles. The lowest BCUT2D eigenvalue weighted by molar-refractivity contribution is -0.134. The Morgan fingerprint density at radius 3 is 2.59 bits per heavy atom. The van der Waals surface area contributed by atoms with Gasteiger partial charge < -0.3 is 20.1 Å². The van der Waals surface area contributed by atoms with Crippen molar-refractivity contribution in [1.29, 1.82) is 0 Å². The van der Waals surface area contributed by atoms with Gasteiger partial charge in [-0.2, -0.15) is 0 Å². The number of piperidine rings is 1. The van der Waals surface area contributed by atoms with Crippen LogP contribution in [0, 0.1) is 5.41 Å². The van der Waals surface area contributed by atoms with E-state index in [-0.39, 0.29) is 23.4 Å². The molecule has 0 saturated carbocycles. The van der Waals surface area contributed by atoms with Gasteiger partial charge in [0.15, 0.2) is 11.5 Å². The molecule has 2 unspecified atom stereocenters. The topological polar surface area (TPSA) is 68.0 Å². The van der Waals surface area contributed by atoms with Crippen molar-refractivity contribution in [2.75, 3.05) is 40.4 Å². The maximum absolute atomic E-state index is 13.1. The van der Waals surface area contributed by atoms with Crippen LogP contribution in [0.15, 0.2) is 18.2 Å². The predicted octanol–water partition coefficient (Wildman–Crippen LogP) is 2.43. The van der Waals surface area contributed by atoms with Crippen molar-refractivity contribution in [2.24, 2.45) is 11.1 Å². The van der Waals surface area contributed by atoms with Crippen LogP contribution in [0.25, 0.3) is 0 Å². The van der Waals surface area contributed by atoms with Crippen molar-refractivity contribution >= 4 is 5.91 Å². The minimum Gasteiger partial charge on any atom is -0.493 e. The Hall–Kier alpha value is -1.79. The summed E-state index contributed by atoms with van der Waals surface area (Å²) in [5.41, 5.74) is 7.39. The Balaban J connectivity index is 1.70. The monoisotopic (exact) mass is 375 g/mol. The van der Waals surface area contributed by atoms with Crippen molar-refractivity contribution in [1.82, 2.24) is 9.80 Å². The van der Waals surface area contributed by atoms with Crippen molar-refractivity contribution in [3.8, 4) is 11.5 Å². The lowest BCUT2D eigenvalue weighted by atomic mass is 9.80. The smallest absolute Gasteiger partial charge is 0.237 e. The number of carbonyl (C=O) groups is 1. The number of nitrogens with two attached hydrogens (primary N) is 1. The summed E-state index contributed by atoms with van der Waals surface area (Å²) in [4.78, 5) is 17.4. The van der Waals surface area contributed by atoms with Crippen LogP contribution >= 0.6 is 0 Å². The SMILES string of the molecule is COc1ccc(C2CCCN2C(=O)CN2CCC(N)C(C)(C)C2)cc1OC. The van der Waals surface area contributed by atoms with Crippen molar-refractivity contribution in [3.05, 3.63) is 23.8 Å². The molecule has 3 rings (SSSR count). The van der Waals surface area contributed by atoms with Gasteiger partial charge in [-0.25, -0.2) is 0 Å². The third-order valence-corrected chi connectivity index (χ3v) is 6.12. The number of likely N-dealkylation sites (tertiary alicyclic amines) is 2. The number of ether oxygens (including phenoxy) is 2. The Bertz CT molecular complexity index is 677. The number of benzene rings is 1. The number of nitrogens with zero attached hydrogens (tertiary/aromatic N) is 2. The highest BCUT2D eigenvalue weighted by Crippen LogP contribution is 2.37. The molecule has 2 heterocycles. The number of hydrogen-bond donors (Lipinski definition) is 1. The zero-order valence-electron chi connectivity index (χ0n) is 17.0. The summed E-state index contributed by atoms with van der Waals surface area (Å²) < 4.78 is 10.8. The second kappa shape index (κ2) is 8.07. The van der Waals surface area contributed by atoms with Crippen molar-refractivity contribution in [2.45, 2.75) is 45.2 Å². The van der Waals surface area contributed by atoms with Gasteiger partial charge in [0, 0.05) is 25.7 Å². The molecular formula is C21H33N3O3. The summed E-state index contributed by atoms with van der Waals surface area (Å²) in [5.74, 6) is 1.63. The molecule has 1 aromatic carbocycles. The summed E-state index contributed by atoms with van der Waals surface area (Å²) >= 11 is 0. The molecule has 0 bridgehead atoms. The van der Waals surface area contributed by atoms with Crippen molar-refractivity contribution in [3.63, 3.8) is 0 Å². The standard InChI is InChI=1S/C21H33N3O3/c1-21(2)14-23(11-9-19(21)22)13-20(25)24-10-5-6-16(24)15-7-8-17(26-3)18(12-15)27-4/h7-8,12,16,19H,5-6,9-11,13-14,22H2,1-4H3. The maximum Gasteiger partial charge on any atom is 0.237 e. The minimum atomic E-state index is 0.0479. The number of amides is 1. The molecule has 6 nitrogen and oxygen atoms in total. The van der Waals surface area contributed by atoms with Gasteiger partial charge in [-0.05, 0) is 42.4 Å². The van der Waals surface area contributed by atoms with Gasteiger partial charge in [-0.15, -0.1) is 0 Å². The van der Waals surface area contributed by atoms with Gasteiger partial charge >= 0.3 is 0 Å². The summed E-state index contributed by atoms with van der Waals surface area (Å²) in [5, 5.41) is 0. The van der Waals surface area contributed by atoms with E-state index in [1.54, 1.807) is 14.2 Å². The van der Waals surface area contributed by atoms with E-state index in [9.17, 15) is 4.79 Å². The Morgan fingerprint density at radius 2 is 1.93 bits per heavy atom. The van der Waals surface area contributed by atoms with E-state index in [0.717, 1.165) is 44.5 Å². The molecule has 6 heteroatoms. The zero-order valence-corrected chi connectivity index (χ0v) is 17.0. The minimum absolute atomic E-state index is 0.0479. The molecule has 0 aliphatic carbocycles. The molecule has 0 radical (unpaired) electrons. The maximum atomic E-state index is 13.1. The number of hydrogen-bond acceptors (Lipinski definition) is 5. The first-order chi connectivity index (χ1) is 12.9. The molecule has 27 heavy (non-hydrogen) atoms. The molecule has 0 spiro atoms. The normalized spacial score (nSPS) is 25.4. The first-order valence-electron chi connectivity index (χ1n) is 9.85. The molecule has 1 amide bonds. The summed E-state index contributed by atoms with van der Waals surface area (Å²) in [6, 6.07) is 6.27. The van der Waals surface area contributed by atoms with E-state index in [0.29, 0.717) is 18.0 Å². The Labute approximate surface area is 162 Å². The molecule has 150 valence electrons. The van der Waals surface area contributed by atoms with Gasteiger partial charge in [0.2, 0.25) is 5.91 Å². The highest BCUT2D eigenvalue weighted by molar-refractivity contribution is 5.79. The Morgan fingerprint density at radius 1 is 1.19 bits per heavy atom. The van der Waals surface area contributed by atoms with E-state index in [1.165, 1.54) is 0 Å². The Kier molecular flexibility index (Phi) is 5.96. The van der Waals surface area contributed by atoms with Crippen LogP contribution < -0.4 is 15.2 Å². The fourth-order valence-corrected chi connectivity index (χ4v) is 4.37. The van der Waals surface area contributed by atoms with Crippen LogP contribution in [-0.2, 0) is 4.79 Å². The van der Waals surface area contributed by atoms with E-state index in [2.05, 4.69) is 18.7 Å². The summed E-state index contributed by atoms with van der Waals surface area (Å²) in [6.07, 6.45) is 2.96. The lowest BCUT2D eigenvalue weighted by Gasteiger charge is -2.42. The first-order valence-corrected chi connectivity index (χ1v) is 9.85. The largest absolute Gasteiger partial charge is 0.493 e. The highest BCUT2D eigenvalue weighted by Gasteiger charge is 2.36. The third kappa shape index (κ3) is 4.22. The lowest BCUT2D eigenvalue weighted by Crippen LogP contribution is -2.54. The highest BCUT2D eigenvalue weighted by atomic mass is 16.5. The van der Waals surface area contributed by atoms with E-state index in [4.69, 9.17) is 15.2 Å². The zero-order chi connectivity index (χ0) is 19.6. The van der Waals surface area contributed by atoms with Gasteiger partial charge in [-0.3, -0.25) is 9.69 Å².